The van der Waals surface area contributed by atoms with Crippen molar-refractivity contribution in [1.29, 1.82) is 0 Å². The second-order valence-electron chi connectivity index (χ2n) is 3.75. The van der Waals surface area contributed by atoms with Gasteiger partial charge in [-0.15, -0.1) is 0 Å². The molecule has 0 radical (unpaired) electrons. The van der Waals surface area contributed by atoms with E-state index in [1.807, 2.05) is 6.08 Å². The molecule has 1 aliphatic carbocycles. The summed E-state index contributed by atoms with van der Waals surface area (Å²) in [5, 5.41) is 1.03. The van der Waals surface area contributed by atoms with Crippen molar-refractivity contribution in [3.05, 3.63) is 46.0 Å². The minimum Gasteiger partial charge on any atom is -0.434 e. The van der Waals surface area contributed by atoms with Crippen LogP contribution in [0.4, 0.5) is 8.78 Å². The van der Waals surface area contributed by atoms with Crippen molar-refractivity contribution in [2.45, 2.75) is 19.5 Å². The second-order valence-corrected chi connectivity index (χ2v) is 4.61. The first-order valence-corrected chi connectivity index (χ1v) is 6.14. The Bertz CT molecular complexity index is 509. The van der Waals surface area contributed by atoms with Crippen LogP contribution in [0.15, 0.2) is 40.4 Å². The summed E-state index contributed by atoms with van der Waals surface area (Å²) in [6, 6.07) is 6.48. The first-order chi connectivity index (χ1) is 8.59. The molecule has 0 N–H and O–H groups in total. The molecule has 0 fully saturated rings. The van der Waals surface area contributed by atoms with Gasteiger partial charge in [-0.2, -0.15) is 8.78 Å². The van der Waals surface area contributed by atoms with Crippen LogP contribution in [0, 0.1) is 0 Å². The van der Waals surface area contributed by atoms with Gasteiger partial charge in [0.25, 0.3) is 0 Å². The number of hydrogen-bond acceptors (Lipinski definition) is 1. The summed E-state index contributed by atoms with van der Waals surface area (Å²) in [5.41, 5.74) is 1.06. The average molecular weight is 291 g/mol. The van der Waals surface area contributed by atoms with Crippen molar-refractivity contribution < 1.29 is 13.5 Å². The van der Waals surface area contributed by atoms with Gasteiger partial charge in [-0.3, -0.25) is 0 Å². The summed E-state index contributed by atoms with van der Waals surface area (Å²) >= 11 is 12.2. The van der Waals surface area contributed by atoms with Crippen molar-refractivity contribution >= 4 is 28.8 Å². The van der Waals surface area contributed by atoms with E-state index in [0.717, 1.165) is 6.42 Å². The van der Waals surface area contributed by atoms with E-state index < -0.39 is 6.61 Å². The molecule has 0 saturated heterocycles. The molecule has 0 atom stereocenters. The molecule has 0 saturated carbocycles. The second kappa shape index (κ2) is 5.72. The Balaban J connectivity index is 2.47. The molecule has 0 unspecified atom stereocenters. The zero-order valence-electron chi connectivity index (χ0n) is 9.30. The number of rotatable bonds is 3. The average Bonchev–Trinajstić information content (AvgIpc) is 2.30. The fourth-order valence-corrected chi connectivity index (χ4v) is 2.51. The van der Waals surface area contributed by atoms with Gasteiger partial charge in [-0.05, 0) is 18.9 Å². The zero-order chi connectivity index (χ0) is 13.1. The Morgan fingerprint density at radius 1 is 1.17 bits per heavy atom. The van der Waals surface area contributed by atoms with Crippen molar-refractivity contribution in [1.82, 2.24) is 0 Å². The maximum Gasteiger partial charge on any atom is 0.387 e. The van der Waals surface area contributed by atoms with Crippen LogP contribution in [0.3, 0.4) is 0 Å². The minimum absolute atomic E-state index is 0.0779. The third-order valence-electron chi connectivity index (χ3n) is 2.57. The van der Waals surface area contributed by atoms with E-state index in [1.165, 1.54) is 6.07 Å². The lowest BCUT2D eigenvalue weighted by atomic mass is 9.98. The van der Waals surface area contributed by atoms with Gasteiger partial charge in [0.1, 0.15) is 5.75 Å². The summed E-state index contributed by atoms with van der Waals surface area (Å²) in [6.45, 7) is -2.88. The molecular weight excluding hydrogens is 281 g/mol. The van der Waals surface area contributed by atoms with Gasteiger partial charge in [0.05, 0.1) is 0 Å². The smallest absolute Gasteiger partial charge is 0.387 e. The number of allylic oxidation sites excluding steroid dienone is 4. The Morgan fingerprint density at radius 2 is 1.89 bits per heavy atom. The van der Waals surface area contributed by atoms with E-state index in [9.17, 15) is 8.78 Å². The molecule has 0 amide bonds. The van der Waals surface area contributed by atoms with Crippen LogP contribution in [0.2, 0.25) is 0 Å². The highest BCUT2D eigenvalue weighted by molar-refractivity contribution is 6.42. The summed E-state index contributed by atoms with van der Waals surface area (Å²) < 4.78 is 29.2. The molecule has 1 aromatic carbocycles. The first kappa shape index (κ1) is 13.4. The van der Waals surface area contributed by atoms with Crippen LogP contribution >= 0.6 is 23.2 Å². The molecule has 1 aromatic rings. The molecule has 0 spiro atoms. The number of benzene rings is 1. The lowest BCUT2D eigenvalue weighted by molar-refractivity contribution is -0.0500. The summed E-state index contributed by atoms with van der Waals surface area (Å²) in [6.07, 6.45) is 3.22. The van der Waals surface area contributed by atoms with Crippen LogP contribution in [0.25, 0.3) is 5.57 Å². The summed E-state index contributed by atoms with van der Waals surface area (Å²) in [5.74, 6) is 0.0779. The molecule has 1 aliphatic rings. The topological polar surface area (TPSA) is 9.23 Å². The van der Waals surface area contributed by atoms with Crippen LogP contribution in [-0.2, 0) is 0 Å². The van der Waals surface area contributed by atoms with Crippen LogP contribution in [0.5, 0.6) is 5.75 Å². The van der Waals surface area contributed by atoms with E-state index in [1.54, 1.807) is 18.2 Å². The van der Waals surface area contributed by atoms with E-state index in [0.29, 0.717) is 27.6 Å². The predicted octanol–water partition coefficient (Wildman–Crippen LogP) is 5.15. The molecule has 0 bridgehead atoms. The van der Waals surface area contributed by atoms with Gasteiger partial charge < -0.3 is 4.74 Å². The molecular formula is C13H10Cl2F2O. The van der Waals surface area contributed by atoms with Crippen LogP contribution < -0.4 is 4.74 Å². The zero-order valence-corrected chi connectivity index (χ0v) is 10.8. The highest BCUT2D eigenvalue weighted by atomic mass is 35.5. The third-order valence-corrected chi connectivity index (χ3v) is 3.29. The Kier molecular flexibility index (Phi) is 4.25. The van der Waals surface area contributed by atoms with E-state index in [-0.39, 0.29) is 5.75 Å². The van der Waals surface area contributed by atoms with E-state index in [2.05, 4.69) is 4.74 Å². The Morgan fingerprint density at radius 3 is 2.56 bits per heavy atom. The van der Waals surface area contributed by atoms with Crippen molar-refractivity contribution in [2.75, 3.05) is 0 Å². The lowest BCUT2D eigenvalue weighted by Crippen LogP contribution is -2.05. The van der Waals surface area contributed by atoms with Gasteiger partial charge in [0, 0.05) is 21.2 Å². The summed E-state index contributed by atoms with van der Waals surface area (Å²) in [4.78, 5) is 0. The van der Waals surface area contributed by atoms with Crippen LogP contribution in [-0.4, -0.2) is 6.61 Å². The van der Waals surface area contributed by atoms with Gasteiger partial charge in [-0.25, -0.2) is 0 Å². The van der Waals surface area contributed by atoms with Gasteiger partial charge >= 0.3 is 6.61 Å². The Hall–Kier alpha value is -1.06. The third kappa shape index (κ3) is 2.85. The highest BCUT2D eigenvalue weighted by Crippen LogP contribution is 2.41. The van der Waals surface area contributed by atoms with E-state index >= 15 is 0 Å². The number of halogens is 4. The van der Waals surface area contributed by atoms with Gasteiger partial charge in [0.15, 0.2) is 0 Å². The maximum atomic E-state index is 12.3. The van der Waals surface area contributed by atoms with Crippen molar-refractivity contribution in [2.24, 2.45) is 0 Å². The molecule has 96 valence electrons. The normalized spacial score (nSPS) is 15.9. The van der Waals surface area contributed by atoms with Crippen molar-refractivity contribution in [3.63, 3.8) is 0 Å². The summed E-state index contributed by atoms with van der Waals surface area (Å²) in [7, 11) is 0. The maximum absolute atomic E-state index is 12.3. The molecule has 18 heavy (non-hydrogen) atoms. The molecule has 2 rings (SSSR count). The van der Waals surface area contributed by atoms with E-state index in [4.69, 9.17) is 23.2 Å². The number of alkyl halides is 2. The predicted molar refractivity (Wildman–Crippen MR) is 69.0 cm³/mol. The SMILES string of the molecule is FC(F)Oc1ccccc1C1=C(Cl)CCC=C1Cl. The van der Waals surface area contributed by atoms with Gasteiger partial charge in [-0.1, -0.05) is 47.5 Å². The molecule has 1 nitrogen and oxygen atoms in total. The number of para-hydroxylation sites is 1. The van der Waals surface area contributed by atoms with Gasteiger partial charge in [0.2, 0.25) is 0 Å². The highest BCUT2D eigenvalue weighted by Gasteiger charge is 2.19. The first-order valence-electron chi connectivity index (χ1n) is 5.38. The Labute approximate surface area is 114 Å². The quantitative estimate of drug-likeness (QED) is 0.748. The largest absolute Gasteiger partial charge is 0.434 e. The monoisotopic (exact) mass is 290 g/mol. The lowest BCUT2D eigenvalue weighted by Gasteiger charge is -2.17. The molecule has 0 aromatic heterocycles. The fraction of sp³-hybridized carbons (Fsp3) is 0.231. The standard InChI is InChI=1S/C13H10Cl2F2O/c14-9-5-3-6-10(15)12(9)8-4-1-2-7-11(8)18-13(16)17/h1-2,4-5,7,13H,3,6H2. The van der Waals surface area contributed by atoms with Crippen molar-refractivity contribution in [3.8, 4) is 5.75 Å². The molecule has 5 heteroatoms. The fourth-order valence-electron chi connectivity index (χ4n) is 1.83. The molecule has 0 heterocycles. The minimum atomic E-state index is -2.88. The molecule has 0 aliphatic heterocycles. The number of hydrogen-bond donors (Lipinski definition) is 0. The number of ether oxygens (including phenoxy) is 1. The van der Waals surface area contributed by atoms with Crippen LogP contribution in [0.1, 0.15) is 18.4 Å².